The Bertz CT molecular complexity index is 2380. The normalized spacial score (nSPS) is 47.5. The van der Waals surface area contributed by atoms with Crippen LogP contribution in [0.2, 0.25) is 0 Å². The molecule has 15 heteroatoms. The zero-order valence-corrected chi connectivity index (χ0v) is 41.4. The number of carbonyl (C=O) groups excluding carboxylic acids is 2. The predicted molar refractivity (Wildman–Crippen MR) is 253 cm³/mol. The van der Waals surface area contributed by atoms with E-state index in [4.69, 9.17) is 14.2 Å². The average molecular weight is 973 g/mol. The maximum absolute atomic E-state index is 15.3. The Kier molecular flexibility index (Phi) is 12.0. The fraction of sp³-hybridized carbons (Fsp3) is 0.782. The van der Waals surface area contributed by atoms with Crippen molar-refractivity contribution in [3.8, 4) is 17.6 Å². The van der Waals surface area contributed by atoms with Crippen LogP contribution in [0.5, 0.6) is 5.75 Å². The van der Waals surface area contributed by atoms with Crippen LogP contribution in [0.3, 0.4) is 0 Å². The Balaban J connectivity index is 1.04. The summed E-state index contributed by atoms with van der Waals surface area (Å²) < 4.78 is 18.3. The largest absolute Gasteiger partial charge is 0.508 e. The van der Waals surface area contributed by atoms with Crippen molar-refractivity contribution in [1.82, 2.24) is 10.2 Å². The summed E-state index contributed by atoms with van der Waals surface area (Å²) in [6.45, 7) is 6.44. The van der Waals surface area contributed by atoms with E-state index >= 15 is 9.59 Å². The summed E-state index contributed by atoms with van der Waals surface area (Å²) in [5.74, 6) is 0.579. The van der Waals surface area contributed by atoms with E-state index in [9.17, 15) is 40.9 Å². The van der Waals surface area contributed by atoms with Gasteiger partial charge in [0.25, 0.3) is 0 Å². The molecule has 1 aromatic carbocycles. The first-order valence-corrected chi connectivity index (χ1v) is 26.5. The summed E-state index contributed by atoms with van der Waals surface area (Å²) >= 11 is 0. The summed E-state index contributed by atoms with van der Waals surface area (Å²) in [4.78, 5) is 32.3. The second-order valence-corrected chi connectivity index (χ2v) is 24.3. The van der Waals surface area contributed by atoms with Crippen LogP contribution in [0.4, 0.5) is 0 Å². The molecule has 4 heterocycles. The van der Waals surface area contributed by atoms with E-state index in [0.717, 1.165) is 17.5 Å². The number of piperidine rings is 1. The zero-order chi connectivity index (χ0) is 49.6. The van der Waals surface area contributed by atoms with Gasteiger partial charge in [-0.1, -0.05) is 25.8 Å². The predicted octanol–water partition coefficient (Wildman–Crippen LogP) is 2.96. The first-order valence-electron chi connectivity index (χ1n) is 26.5. The van der Waals surface area contributed by atoms with Gasteiger partial charge in [-0.15, -0.1) is 5.92 Å². The lowest BCUT2D eigenvalue weighted by Crippen LogP contribution is -2.71. The Morgan fingerprint density at radius 3 is 2.51 bits per heavy atom. The molecule has 7 bridgehead atoms. The summed E-state index contributed by atoms with van der Waals surface area (Å²) in [6, 6.07) is 4.08. The van der Waals surface area contributed by atoms with Gasteiger partial charge in [-0.05, 0) is 148 Å². The second kappa shape index (κ2) is 17.0. The van der Waals surface area contributed by atoms with Crippen LogP contribution in [0.1, 0.15) is 128 Å². The molecule has 7 fully saturated rings. The smallest absolute Gasteiger partial charge is 0.240 e. The van der Waals surface area contributed by atoms with Crippen molar-refractivity contribution >= 4 is 11.7 Å². The van der Waals surface area contributed by atoms with Gasteiger partial charge >= 0.3 is 0 Å². The molecule has 384 valence electrons. The van der Waals surface area contributed by atoms with E-state index in [1.54, 1.807) is 24.1 Å². The minimum absolute atomic E-state index is 0.0246. The number of carbonyl (C=O) groups is 2. The molecule has 4 saturated carbocycles. The Labute approximate surface area is 411 Å². The fourth-order valence-corrected chi connectivity index (χ4v) is 17.8. The number of allylic oxidation sites excluding steroid dienone is 1. The number of aliphatic hydroxyl groups excluding tert-OH is 3. The number of aliphatic hydroxyl groups is 7. The summed E-state index contributed by atoms with van der Waals surface area (Å²) in [6.07, 6.45) is 3.20. The number of aromatic hydroxyl groups is 1. The van der Waals surface area contributed by atoms with Crippen LogP contribution >= 0.6 is 0 Å². The maximum Gasteiger partial charge on any atom is 0.240 e. The Morgan fingerprint density at radius 2 is 1.76 bits per heavy atom. The van der Waals surface area contributed by atoms with Gasteiger partial charge in [0.15, 0.2) is 5.78 Å². The number of aryl methyl sites for hydroxylation is 1. The number of rotatable bonds is 10. The average Bonchev–Trinajstić information content (AvgIpc) is 3.65. The molecule has 18 atom stereocenters. The number of amides is 1. The number of ether oxygens (including phenoxy) is 3. The van der Waals surface area contributed by atoms with Crippen LogP contribution < -0.4 is 5.32 Å². The van der Waals surface area contributed by atoms with Crippen molar-refractivity contribution in [3.63, 3.8) is 0 Å². The summed E-state index contributed by atoms with van der Waals surface area (Å²) in [5.41, 5.74) is -4.62. The number of benzene rings is 1. The number of hydrogen-bond acceptors (Lipinski definition) is 14. The van der Waals surface area contributed by atoms with Crippen LogP contribution in [-0.2, 0) is 30.2 Å². The monoisotopic (exact) mass is 973 g/mol. The summed E-state index contributed by atoms with van der Waals surface area (Å²) in [7, 11) is 1.67. The third kappa shape index (κ3) is 6.59. The first-order chi connectivity index (χ1) is 33.3. The number of nitrogens with zero attached hydrogens (tertiary/aromatic N) is 1. The number of nitrogens with one attached hydrogen (secondary N) is 1. The van der Waals surface area contributed by atoms with E-state index in [1.165, 1.54) is 6.92 Å². The van der Waals surface area contributed by atoms with E-state index in [-0.39, 0.29) is 48.5 Å². The third-order valence-electron chi connectivity index (χ3n) is 21.4. The standard InChI is InChI=1S/C55H76N2O13/c1-49-17-15-35(69-23-7-22-68-4)26-39(49)42(61)37-12-10-32-25-40-50(2)19-20-53(49,44(37)54(32,50)65)16-5-9-33-28-57(33)48(63)45-52(18-14-31(27-52)36-13-11-34(60)24-30(36)8-6-21-58)41-38(29-59)46(55(66,67)51(40,3)64)70-43(41)47(62)56-45/h11,13,24,31-33,35,38-41,43,45-47,56,58-60,62,64-67H,6-10,12,14-15,17-23,25-29H2,1-4H3. The molecule has 10 aliphatic rings. The highest BCUT2D eigenvalue weighted by Crippen LogP contribution is 2.77. The lowest BCUT2D eigenvalue weighted by molar-refractivity contribution is -0.345. The molecule has 1 aromatic rings. The highest BCUT2D eigenvalue weighted by atomic mass is 16.6. The number of Topliss-reactive ketones (excluding diaryl/α,β-unsaturated/α-hetero) is 1. The van der Waals surface area contributed by atoms with Crippen molar-refractivity contribution in [2.75, 3.05) is 40.1 Å². The number of phenols is 1. The van der Waals surface area contributed by atoms with Gasteiger partial charge in [-0.3, -0.25) is 14.9 Å². The molecule has 18 unspecified atom stereocenters. The molecule has 1 amide bonds. The molecule has 1 spiro atoms. The summed E-state index contributed by atoms with van der Waals surface area (Å²) in [5, 5.41) is 100. The third-order valence-corrected chi connectivity index (χ3v) is 21.4. The van der Waals surface area contributed by atoms with Crippen LogP contribution in [0.15, 0.2) is 29.3 Å². The quantitative estimate of drug-likeness (QED) is 0.0710. The van der Waals surface area contributed by atoms with Crippen molar-refractivity contribution < 1.29 is 64.7 Å². The van der Waals surface area contributed by atoms with Crippen molar-refractivity contribution in [2.24, 2.45) is 51.2 Å². The zero-order valence-electron chi connectivity index (χ0n) is 41.4. The van der Waals surface area contributed by atoms with Gasteiger partial charge in [-0.25, -0.2) is 0 Å². The van der Waals surface area contributed by atoms with Gasteiger partial charge in [0.1, 0.15) is 29.8 Å². The minimum Gasteiger partial charge on any atom is -0.508 e. The van der Waals surface area contributed by atoms with Crippen LogP contribution in [0, 0.1) is 63.1 Å². The first kappa shape index (κ1) is 49.2. The number of fused-ring (bicyclic) bond motifs is 3. The van der Waals surface area contributed by atoms with E-state index in [2.05, 4.69) is 24.1 Å². The van der Waals surface area contributed by atoms with E-state index < -0.39 is 99.3 Å². The fourth-order valence-electron chi connectivity index (χ4n) is 17.8. The van der Waals surface area contributed by atoms with Gasteiger partial charge in [0, 0.05) is 81.0 Å². The molecule has 4 aliphatic heterocycles. The lowest BCUT2D eigenvalue weighted by Gasteiger charge is -2.67. The molecule has 11 rings (SSSR count). The Morgan fingerprint density at radius 1 is 0.957 bits per heavy atom. The second-order valence-electron chi connectivity index (χ2n) is 24.3. The molecule has 9 N–H and O–H groups in total. The van der Waals surface area contributed by atoms with Crippen molar-refractivity contribution in [1.29, 1.82) is 0 Å². The van der Waals surface area contributed by atoms with Gasteiger partial charge < -0.3 is 60.0 Å². The topological polar surface area (TPSA) is 239 Å². The molecular weight excluding hydrogens is 897 g/mol. The number of phenolic OH excluding ortho intramolecular Hbond substituents is 1. The molecule has 0 radical (unpaired) electrons. The van der Waals surface area contributed by atoms with Gasteiger partial charge in [-0.2, -0.15) is 0 Å². The maximum atomic E-state index is 15.3. The number of hydrogen-bond donors (Lipinski definition) is 9. The number of methoxy groups -OCH3 is 1. The molecule has 0 aromatic heterocycles. The van der Waals surface area contributed by atoms with Crippen molar-refractivity contribution in [2.45, 2.75) is 177 Å². The molecular formula is C55H76N2O13. The molecule has 15 nitrogen and oxygen atoms in total. The van der Waals surface area contributed by atoms with Crippen molar-refractivity contribution in [3.05, 3.63) is 40.5 Å². The molecule has 3 saturated heterocycles. The highest BCUT2D eigenvalue weighted by molar-refractivity contribution is 6.01. The SMILES string of the molecule is COCCCOC1CCC2(C)C(C1)C(=O)C1=C3C24C#CCC2CN2C(=O)C2NC(O)C5OC(C(CO)C5C25CCC(c2ccc(O)cc2CCCO)C5)C(O)(O)C(C)(O)C2CC(CC1)C3(O)C2(C)CC4. The van der Waals surface area contributed by atoms with E-state index in [0.29, 0.717) is 114 Å². The highest BCUT2D eigenvalue weighted by Gasteiger charge is 2.80. The Hall–Kier alpha value is -2.98. The number of ketones is 1. The molecule has 6 aliphatic carbocycles. The van der Waals surface area contributed by atoms with Gasteiger partial charge in [0.2, 0.25) is 11.7 Å². The molecule has 70 heavy (non-hydrogen) atoms. The van der Waals surface area contributed by atoms with E-state index in [1.807, 2.05) is 13.0 Å². The van der Waals surface area contributed by atoms with Crippen LogP contribution in [0.25, 0.3) is 0 Å². The van der Waals surface area contributed by atoms with Gasteiger partial charge in [0.05, 0.1) is 29.2 Å². The lowest BCUT2D eigenvalue weighted by atomic mass is 9.37. The minimum atomic E-state index is -3.05. The van der Waals surface area contributed by atoms with Crippen LogP contribution in [-0.4, -0.2) is 151 Å².